The minimum absolute atomic E-state index is 0.137. The van der Waals surface area contributed by atoms with Crippen LogP contribution in [0, 0.1) is 0 Å². The van der Waals surface area contributed by atoms with Crippen LogP contribution in [0.2, 0.25) is 0 Å². The molecule has 2 heterocycles. The van der Waals surface area contributed by atoms with Crippen molar-refractivity contribution in [3.63, 3.8) is 0 Å². The summed E-state index contributed by atoms with van der Waals surface area (Å²) in [4.78, 5) is 15.9. The number of fused-ring (bicyclic) bond motifs is 1. The van der Waals surface area contributed by atoms with E-state index >= 15 is 4.39 Å². The molecule has 5 heteroatoms. The zero-order valence-corrected chi connectivity index (χ0v) is 14.1. The topological polar surface area (TPSA) is 32.8 Å². The molecule has 0 aliphatic carbocycles. The summed E-state index contributed by atoms with van der Waals surface area (Å²) in [6.45, 7) is 7.48. The first kappa shape index (κ1) is 16.2. The molecular weight excluding hydrogens is 295 g/mol. The van der Waals surface area contributed by atoms with Crippen LogP contribution in [0.4, 0.5) is 9.18 Å². The van der Waals surface area contributed by atoms with Gasteiger partial charge in [0.05, 0.1) is 12.6 Å². The lowest BCUT2D eigenvalue weighted by atomic mass is 10.0. The first-order valence-electron chi connectivity index (χ1n) is 8.22. The van der Waals surface area contributed by atoms with E-state index in [1.54, 1.807) is 0 Å². The molecule has 1 aromatic carbocycles. The number of nitrogens with zero attached hydrogens (tertiary/aromatic N) is 2. The smallest absolute Gasteiger partial charge is 0.410 e. The average molecular weight is 320 g/mol. The van der Waals surface area contributed by atoms with Crippen molar-refractivity contribution in [3.8, 4) is 0 Å². The summed E-state index contributed by atoms with van der Waals surface area (Å²) >= 11 is 0. The standard InChI is InChI=1S/C18H25FN2O2/c1-17(2,3)23-16(22)21-12-15-18(19,13-21)9-10-20(15)11-14-7-5-4-6-8-14/h4-8,15H,9-13H2,1-3H3/t15-,18-/m1/s1. The van der Waals surface area contributed by atoms with Crippen LogP contribution in [0.3, 0.4) is 0 Å². The fraction of sp³-hybridized carbons (Fsp3) is 0.611. The minimum atomic E-state index is -1.31. The summed E-state index contributed by atoms with van der Waals surface area (Å²) in [5.41, 5.74) is -0.694. The third-order valence-corrected chi connectivity index (χ3v) is 4.58. The molecule has 1 amide bonds. The predicted octanol–water partition coefficient (Wildman–Crippen LogP) is 3.22. The van der Waals surface area contributed by atoms with Crippen LogP contribution in [0.25, 0.3) is 0 Å². The Morgan fingerprint density at radius 3 is 2.70 bits per heavy atom. The van der Waals surface area contributed by atoms with Gasteiger partial charge in [0.15, 0.2) is 0 Å². The average Bonchev–Trinajstić information content (AvgIpc) is 2.94. The molecule has 1 aromatic rings. The van der Waals surface area contributed by atoms with E-state index < -0.39 is 17.4 Å². The van der Waals surface area contributed by atoms with Crippen LogP contribution in [0.1, 0.15) is 32.8 Å². The van der Waals surface area contributed by atoms with Gasteiger partial charge in [0.2, 0.25) is 0 Å². The lowest BCUT2D eigenvalue weighted by molar-refractivity contribution is 0.0253. The van der Waals surface area contributed by atoms with Crippen molar-refractivity contribution in [2.24, 2.45) is 0 Å². The summed E-state index contributed by atoms with van der Waals surface area (Å²) in [5.74, 6) is 0. The first-order chi connectivity index (χ1) is 10.8. The maximum atomic E-state index is 15.2. The third-order valence-electron chi connectivity index (χ3n) is 4.58. The minimum Gasteiger partial charge on any atom is -0.444 e. The zero-order chi connectivity index (χ0) is 16.7. The maximum Gasteiger partial charge on any atom is 0.410 e. The Balaban J connectivity index is 1.67. The summed E-state index contributed by atoms with van der Waals surface area (Å²) < 4.78 is 20.6. The van der Waals surface area contributed by atoms with Crippen molar-refractivity contribution in [2.75, 3.05) is 19.6 Å². The number of benzene rings is 1. The van der Waals surface area contributed by atoms with Gasteiger partial charge in [-0.15, -0.1) is 0 Å². The fourth-order valence-corrected chi connectivity index (χ4v) is 3.51. The molecule has 2 saturated heterocycles. The lowest BCUT2D eigenvalue weighted by Gasteiger charge is -2.26. The summed E-state index contributed by atoms with van der Waals surface area (Å²) in [6, 6.07) is 9.84. The normalized spacial score (nSPS) is 28.0. The highest BCUT2D eigenvalue weighted by molar-refractivity contribution is 5.69. The van der Waals surface area contributed by atoms with Crippen LogP contribution in [-0.4, -0.2) is 52.8 Å². The second-order valence-electron chi connectivity index (χ2n) is 7.62. The van der Waals surface area contributed by atoms with Crippen molar-refractivity contribution in [2.45, 2.75) is 51.0 Å². The van der Waals surface area contributed by atoms with E-state index in [1.165, 1.54) is 10.5 Å². The van der Waals surface area contributed by atoms with Gasteiger partial charge in [-0.1, -0.05) is 30.3 Å². The highest BCUT2D eigenvalue weighted by Crippen LogP contribution is 2.39. The SMILES string of the molecule is CC(C)(C)OC(=O)N1C[C@H]2N(Cc3ccccc3)CC[C@@]2(F)C1. The number of alkyl halides is 1. The van der Waals surface area contributed by atoms with E-state index in [0.29, 0.717) is 13.0 Å². The van der Waals surface area contributed by atoms with E-state index in [1.807, 2.05) is 39.0 Å². The number of carbonyl (C=O) groups excluding carboxylic acids is 1. The fourth-order valence-electron chi connectivity index (χ4n) is 3.51. The lowest BCUT2D eigenvalue weighted by Crippen LogP contribution is -2.40. The molecule has 0 radical (unpaired) electrons. The van der Waals surface area contributed by atoms with Gasteiger partial charge < -0.3 is 9.64 Å². The van der Waals surface area contributed by atoms with Crippen molar-refractivity contribution >= 4 is 6.09 Å². The van der Waals surface area contributed by atoms with Crippen LogP contribution < -0.4 is 0 Å². The molecule has 4 nitrogen and oxygen atoms in total. The second kappa shape index (κ2) is 5.78. The number of rotatable bonds is 2. The Hall–Kier alpha value is -1.62. The zero-order valence-electron chi connectivity index (χ0n) is 14.1. The molecule has 2 atom stereocenters. The van der Waals surface area contributed by atoms with Crippen LogP contribution in [0.15, 0.2) is 30.3 Å². The number of carbonyl (C=O) groups is 1. The molecule has 0 aromatic heterocycles. The van der Waals surface area contributed by atoms with Gasteiger partial charge in [-0.2, -0.15) is 0 Å². The summed E-state index contributed by atoms with van der Waals surface area (Å²) in [5, 5.41) is 0. The van der Waals surface area contributed by atoms with E-state index in [9.17, 15) is 4.79 Å². The quantitative estimate of drug-likeness (QED) is 0.839. The van der Waals surface area contributed by atoms with Crippen molar-refractivity contribution in [1.29, 1.82) is 0 Å². The largest absolute Gasteiger partial charge is 0.444 e. The molecule has 0 saturated carbocycles. The number of hydrogen-bond donors (Lipinski definition) is 0. The molecule has 0 bridgehead atoms. The Labute approximate surface area is 137 Å². The predicted molar refractivity (Wildman–Crippen MR) is 86.9 cm³/mol. The number of halogens is 1. The summed E-state index contributed by atoms with van der Waals surface area (Å²) in [6.07, 6.45) is 0.0626. The van der Waals surface area contributed by atoms with Gasteiger partial charge in [0.25, 0.3) is 0 Å². The first-order valence-corrected chi connectivity index (χ1v) is 8.22. The van der Waals surface area contributed by atoms with E-state index in [0.717, 1.165) is 13.1 Å². The monoisotopic (exact) mass is 320 g/mol. The van der Waals surface area contributed by atoms with Crippen LogP contribution in [-0.2, 0) is 11.3 Å². The van der Waals surface area contributed by atoms with E-state index in [4.69, 9.17) is 4.74 Å². The van der Waals surface area contributed by atoms with Gasteiger partial charge >= 0.3 is 6.09 Å². The van der Waals surface area contributed by atoms with Gasteiger partial charge in [0, 0.05) is 19.6 Å². The highest BCUT2D eigenvalue weighted by Gasteiger charge is 2.55. The van der Waals surface area contributed by atoms with Gasteiger partial charge in [0.1, 0.15) is 11.3 Å². The molecule has 0 N–H and O–H groups in total. The second-order valence-corrected chi connectivity index (χ2v) is 7.62. The van der Waals surface area contributed by atoms with Gasteiger partial charge in [-0.25, -0.2) is 9.18 Å². The van der Waals surface area contributed by atoms with Crippen molar-refractivity contribution < 1.29 is 13.9 Å². The molecule has 2 aliphatic rings. The van der Waals surface area contributed by atoms with Crippen LogP contribution in [0.5, 0.6) is 0 Å². The highest BCUT2D eigenvalue weighted by atomic mass is 19.1. The molecule has 23 heavy (non-hydrogen) atoms. The van der Waals surface area contributed by atoms with Crippen molar-refractivity contribution in [3.05, 3.63) is 35.9 Å². The van der Waals surface area contributed by atoms with E-state index in [2.05, 4.69) is 17.0 Å². The van der Waals surface area contributed by atoms with Crippen molar-refractivity contribution in [1.82, 2.24) is 9.80 Å². The maximum absolute atomic E-state index is 15.2. The summed E-state index contributed by atoms with van der Waals surface area (Å²) in [7, 11) is 0. The molecule has 2 fully saturated rings. The van der Waals surface area contributed by atoms with Gasteiger partial charge in [-0.05, 0) is 32.8 Å². The molecule has 3 rings (SSSR count). The molecule has 126 valence electrons. The van der Waals surface area contributed by atoms with Gasteiger partial charge in [-0.3, -0.25) is 4.90 Å². The molecule has 0 unspecified atom stereocenters. The Bertz CT molecular complexity index is 572. The molecular formula is C18H25FN2O2. The Morgan fingerprint density at radius 2 is 2.04 bits per heavy atom. The molecule has 0 spiro atoms. The molecule has 2 aliphatic heterocycles. The number of ether oxygens (including phenoxy) is 1. The third kappa shape index (κ3) is 3.50. The van der Waals surface area contributed by atoms with E-state index in [-0.39, 0.29) is 12.6 Å². The number of likely N-dealkylation sites (tertiary alicyclic amines) is 2. The Kier molecular flexibility index (Phi) is 4.08. The number of hydrogen-bond acceptors (Lipinski definition) is 3. The number of amides is 1. The Morgan fingerprint density at radius 1 is 1.35 bits per heavy atom. The van der Waals surface area contributed by atoms with Crippen LogP contribution >= 0.6 is 0 Å².